The van der Waals surface area contributed by atoms with Gasteiger partial charge >= 0.3 is 0 Å². The summed E-state index contributed by atoms with van der Waals surface area (Å²) in [5.74, 6) is 0. The van der Waals surface area contributed by atoms with Crippen molar-refractivity contribution in [2.24, 2.45) is 0 Å². The zero-order valence-corrected chi connectivity index (χ0v) is 9.56. The maximum atomic E-state index is 10.0. The van der Waals surface area contributed by atoms with Crippen molar-refractivity contribution in [1.29, 1.82) is 0 Å². The summed E-state index contributed by atoms with van der Waals surface area (Å²) in [6.07, 6.45) is 1.05. The van der Waals surface area contributed by atoms with Crippen LogP contribution in [0.5, 0.6) is 0 Å². The minimum Gasteiger partial charge on any atom is -0.398 e. The molecule has 0 heterocycles. The summed E-state index contributed by atoms with van der Waals surface area (Å²) in [6, 6.07) is 14.1. The highest BCUT2D eigenvalue weighted by atomic mass is 16.3. The fraction of sp³-hybridized carbons (Fsp3) is 0.200. The first-order valence-electron chi connectivity index (χ1n) is 5.89. The molecule has 0 bridgehead atoms. The first-order valence-corrected chi connectivity index (χ1v) is 5.89. The van der Waals surface area contributed by atoms with Gasteiger partial charge in [0.25, 0.3) is 0 Å². The molecule has 1 unspecified atom stereocenters. The van der Waals surface area contributed by atoms with Gasteiger partial charge in [0.2, 0.25) is 0 Å². The SMILES string of the molecule is Nc1cccc2c1-c1ccccc1CC(O)C2. The topological polar surface area (TPSA) is 46.2 Å². The minimum atomic E-state index is -0.320. The highest BCUT2D eigenvalue weighted by Crippen LogP contribution is 2.36. The second-order valence-corrected chi connectivity index (χ2v) is 4.60. The van der Waals surface area contributed by atoms with E-state index in [2.05, 4.69) is 18.2 Å². The van der Waals surface area contributed by atoms with Gasteiger partial charge in [-0.3, -0.25) is 0 Å². The second-order valence-electron chi connectivity index (χ2n) is 4.60. The molecule has 2 nitrogen and oxygen atoms in total. The quantitative estimate of drug-likeness (QED) is 0.676. The Morgan fingerprint density at radius 3 is 2.53 bits per heavy atom. The summed E-state index contributed by atoms with van der Waals surface area (Å²) >= 11 is 0. The molecule has 0 aromatic heterocycles. The van der Waals surface area contributed by atoms with E-state index in [1.807, 2.05) is 24.3 Å². The average molecular weight is 225 g/mol. The zero-order chi connectivity index (χ0) is 11.8. The van der Waals surface area contributed by atoms with Crippen LogP contribution in [0.1, 0.15) is 11.1 Å². The van der Waals surface area contributed by atoms with Crippen LogP contribution in [0.25, 0.3) is 11.1 Å². The predicted molar refractivity (Wildman–Crippen MR) is 69.7 cm³/mol. The molecule has 0 saturated heterocycles. The minimum absolute atomic E-state index is 0.320. The van der Waals surface area contributed by atoms with Crippen molar-refractivity contribution in [2.45, 2.75) is 18.9 Å². The summed E-state index contributed by atoms with van der Waals surface area (Å²) in [5, 5.41) is 10.0. The molecule has 2 aromatic carbocycles. The van der Waals surface area contributed by atoms with E-state index in [1.54, 1.807) is 0 Å². The lowest BCUT2D eigenvalue weighted by molar-refractivity contribution is 0.176. The van der Waals surface area contributed by atoms with E-state index in [0.29, 0.717) is 12.8 Å². The molecular formula is C15H15NO. The first-order chi connectivity index (χ1) is 8.25. The van der Waals surface area contributed by atoms with Crippen LogP contribution in [0.4, 0.5) is 5.69 Å². The van der Waals surface area contributed by atoms with E-state index in [4.69, 9.17) is 5.73 Å². The third kappa shape index (κ3) is 1.71. The van der Waals surface area contributed by atoms with Gasteiger partial charge in [-0.1, -0.05) is 36.4 Å². The van der Waals surface area contributed by atoms with Gasteiger partial charge in [0.05, 0.1) is 6.10 Å². The summed E-state index contributed by atoms with van der Waals surface area (Å²) in [4.78, 5) is 0. The van der Waals surface area contributed by atoms with Crippen molar-refractivity contribution < 1.29 is 5.11 Å². The maximum absolute atomic E-state index is 10.0. The van der Waals surface area contributed by atoms with Crippen molar-refractivity contribution in [3.05, 3.63) is 53.6 Å². The molecule has 1 aliphatic rings. The molecule has 17 heavy (non-hydrogen) atoms. The number of aliphatic hydroxyl groups excluding tert-OH is 1. The lowest BCUT2D eigenvalue weighted by atomic mass is 9.95. The molecule has 0 saturated carbocycles. The molecule has 1 aliphatic carbocycles. The van der Waals surface area contributed by atoms with Gasteiger partial charge in [-0.05, 0) is 35.6 Å². The molecule has 0 spiro atoms. The fourth-order valence-corrected chi connectivity index (χ4v) is 2.64. The van der Waals surface area contributed by atoms with Gasteiger partial charge in [-0.2, -0.15) is 0 Å². The Hall–Kier alpha value is -1.80. The average Bonchev–Trinajstić information content (AvgIpc) is 2.44. The largest absolute Gasteiger partial charge is 0.398 e. The van der Waals surface area contributed by atoms with E-state index < -0.39 is 0 Å². The van der Waals surface area contributed by atoms with Crippen molar-refractivity contribution in [3.63, 3.8) is 0 Å². The maximum Gasteiger partial charge on any atom is 0.0621 e. The van der Waals surface area contributed by atoms with Gasteiger partial charge in [0.1, 0.15) is 0 Å². The number of fused-ring (bicyclic) bond motifs is 3. The summed E-state index contributed by atoms with van der Waals surface area (Å²) in [7, 11) is 0. The highest BCUT2D eigenvalue weighted by molar-refractivity contribution is 5.82. The molecule has 86 valence electrons. The van der Waals surface area contributed by atoms with Crippen molar-refractivity contribution in [3.8, 4) is 11.1 Å². The Morgan fingerprint density at radius 2 is 1.65 bits per heavy atom. The summed E-state index contributed by atoms with van der Waals surface area (Å²) < 4.78 is 0. The van der Waals surface area contributed by atoms with E-state index in [0.717, 1.165) is 22.4 Å². The Balaban J connectivity index is 2.31. The highest BCUT2D eigenvalue weighted by Gasteiger charge is 2.20. The van der Waals surface area contributed by atoms with Crippen molar-refractivity contribution in [1.82, 2.24) is 0 Å². The third-order valence-electron chi connectivity index (χ3n) is 3.38. The smallest absolute Gasteiger partial charge is 0.0621 e. The second kappa shape index (κ2) is 3.90. The Bertz CT molecular complexity index is 563. The molecule has 1 atom stereocenters. The van der Waals surface area contributed by atoms with Crippen LogP contribution < -0.4 is 5.73 Å². The number of hydrogen-bond donors (Lipinski definition) is 2. The molecule has 0 aliphatic heterocycles. The van der Waals surface area contributed by atoms with Gasteiger partial charge in [0, 0.05) is 11.3 Å². The molecule has 2 aromatic rings. The Morgan fingerprint density at radius 1 is 0.941 bits per heavy atom. The number of benzene rings is 2. The van der Waals surface area contributed by atoms with Gasteiger partial charge in [-0.25, -0.2) is 0 Å². The number of rotatable bonds is 0. The van der Waals surface area contributed by atoms with Crippen LogP contribution in [0.15, 0.2) is 42.5 Å². The molecule has 0 amide bonds. The van der Waals surface area contributed by atoms with Crippen molar-refractivity contribution in [2.75, 3.05) is 5.73 Å². The normalized spacial score (nSPS) is 18.1. The molecule has 0 radical (unpaired) electrons. The molecule has 3 N–H and O–H groups in total. The van der Waals surface area contributed by atoms with Crippen LogP contribution in [-0.2, 0) is 12.8 Å². The van der Waals surface area contributed by atoms with E-state index in [9.17, 15) is 5.11 Å². The number of hydrogen-bond acceptors (Lipinski definition) is 2. The predicted octanol–water partition coefficient (Wildman–Crippen LogP) is 2.40. The number of nitrogen functional groups attached to an aromatic ring is 1. The fourth-order valence-electron chi connectivity index (χ4n) is 2.64. The van der Waals surface area contributed by atoms with Crippen LogP contribution in [0, 0.1) is 0 Å². The standard InChI is InChI=1S/C15H15NO/c16-14-7-3-5-11-9-12(17)8-10-4-1-2-6-13(10)15(11)14/h1-7,12,17H,8-9,16H2. The van der Waals surface area contributed by atoms with Crippen LogP contribution >= 0.6 is 0 Å². The lowest BCUT2D eigenvalue weighted by Crippen LogP contribution is -2.12. The molecule has 2 heteroatoms. The Labute approximate surface area is 101 Å². The summed E-state index contributed by atoms with van der Waals surface area (Å²) in [5.41, 5.74) is 11.5. The molecular weight excluding hydrogens is 210 g/mol. The zero-order valence-electron chi connectivity index (χ0n) is 9.56. The number of aliphatic hydroxyl groups is 1. The van der Waals surface area contributed by atoms with Crippen LogP contribution in [-0.4, -0.2) is 11.2 Å². The number of anilines is 1. The van der Waals surface area contributed by atoms with Gasteiger partial charge in [-0.15, -0.1) is 0 Å². The molecule has 0 fully saturated rings. The van der Waals surface area contributed by atoms with Crippen LogP contribution in [0.2, 0.25) is 0 Å². The van der Waals surface area contributed by atoms with Crippen LogP contribution in [0.3, 0.4) is 0 Å². The lowest BCUT2D eigenvalue weighted by Gasteiger charge is -2.11. The number of nitrogens with two attached hydrogens (primary N) is 1. The first kappa shape index (κ1) is 10.4. The van der Waals surface area contributed by atoms with E-state index in [-0.39, 0.29) is 6.10 Å². The van der Waals surface area contributed by atoms with Gasteiger partial charge in [0.15, 0.2) is 0 Å². The van der Waals surface area contributed by atoms with Gasteiger partial charge < -0.3 is 10.8 Å². The van der Waals surface area contributed by atoms with E-state index >= 15 is 0 Å². The Kier molecular flexibility index (Phi) is 2.37. The van der Waals surface area contributed by atoms with Crippen molar-refractivity contribution >= 4 is 5.69 Å². The summed E-state index contributed by atoms with van der Waals surface area (Å²) in [6.45, 7) is 0. The molecule has 3 rings (SSSR count). The third-order valence-corrected chi connectivity index (χ3v) is 3.38. The monoisotopic (exact) mass is 225 g/mol. The van der Waals surface area contributed by atoms with E-state index in [1.165, 1.54) is 5.56 Å².